The van der Waals surface area contributed by atoms with E-state index in [1.807, 2.05) is 6.92 Å². The molecule has 2 unspecified atom stereocenters. The average molecular weight is 261 g/mol. The van der Waals surface area contributed by atoms with Crippen LogP contribution in [0.15, 0.2) is 0 Å². The van der Waals surface area contributed by atoms with Gasteiger partial charge in [0, 0.05) is 18.4 Å². The highest BCUT2D eigenvalue weighted by Gasteiger charge is 2.23. The van der Waals surface area contributed by atoms with Gasteiger partial charge in [0.25, 0.3) is 0 Å². The lowest BCUT2D eigenvalue weighted by Gasteiger charge is -2.15. The molecule has 0 spiro atoms. The predicted octanol–water partition coefficient (Wildman–Crippen LogP) is 0.876. The van der Waals surface area contributed by atoms with Crippen molar-refractivity contribution in [2.45, 2.75) is 44.9 Å². The fraction of sp³-hybridized carbons (Fsp3) is 0.818. The van der Waals surface area contributed by atoms with Crippen LogP contribution in [-0.4, -0.2) is 46.7 Å². The van der Waals surface area contributed by atoms with E-state index >= 15 is 0 Å². The van der Waals surface area contributed by atoms with E-state index < -0.39 is 12.0 Å². The topological polar surface area (TPSA) is 75.6 Å². The number of carbonyl (C=O) groups excluding carboxylic acids is 1. The van der Waals surface area contributed by atoms with Crippen LogP contribution >= 0.6 is 11.8 Å². The van der Waals surface area contributed by atoms with Gasteiger partial charge >= 0.3 is 5.97 Å². The minimum Gasteiger partial charge on any atom is -0.480 e. The minimum atomic E-state index is -0.992. The number of ether oxygens (including phenoxy) is 1. The summed E-state index contributed by atoms with van der Waals surface area (Å²) in [4.78, 5) is 21.7. The summed E-state index contributed by atoms with van der Waals surface area (Å²) in [5.41, 5.74) is 0. The van der Waals surface area contributed by atoms with Crippen LogP contribution in [0, 0.1) is 0 Å². The molecule has 0 aliphatic carbocycles. The van der Waals surface area contributed by atoms with E-state index in [4.69, 9.17) is 9.84 Å². The zero-order valence-corrected chi connectivity index (χ0v) is 11.0. The Morgan fingerprint density at radius 2 is 2.24 bits per heavy atom. The van der Waals surface area contributed by atoms with Gasteiger partial charge in [-0.1, -0.05) is 0 Å². The first kappa shape index (κ1) is 14.3. The Labute approximate surface area is 105 Å². The number of amides is 1. The summed E-state index contributed by atoms with van der Waals surface area (Å²) in [5.74, 6) is -0.145. The van der Waals surface area contributed by atoms with Crippen LogP contribution in [0.4, 0.5) is 0 Å². The molecule has 1 aliphatic heterocycles. The van der Waals surface area contributed by atoms with Gasteiger partial charge in [0.2, 0.25) is 5.91 Å². The molecule has 1 amide bonds. The molecule has 0 radical (unpaired) electrons. The van der Waals surface area contributed by atoms with E-state index in [0.29, 0.717) is 11.9 Å². The summed E-state index contributed by atoms with van der Waals surface area (Å²) >= 11 is 1.51. The highest BCUT2D eigenvalue weighted by molar-refractivity contribution is 7.99. The van der Waals surface area contributed by atoms with E-state index in [1.165, 1.54) is 18.7 Å². The van der Waals surface area contributed by atoms with Crippen LogP contribution in [-0.2, 0) is 14.3 Å². The Kier molecular flexibility index (Phi) is 5.77. The lowest BCUT2D eigenvalue weighted by atomic mass is 10.2. The second-order valence-corrected chi connectivity index (χ2v) is 5.35. The number of carbonyl (C=O) groups is 2. The van der Waals surface area contributed by atoms with Crippen LogP contribution < -0.4 is 5.32 Å². The number of hydrogen-bond donors (Lipinski definition) is 2. The number of carboxylic acids is 1. The number of carboxylic acid groups (broad SMARTS) is 1. The Bertz CT molecular complexity index is 285. The molecule has 1 rings (SSSR count). The van der Waals surface area contributed by atoms with E-state index in [0.717, 1.165) is 18.6 Å². The molecule has 0 bridgehead atoms. The van der Waals surface area contributed by atoms with Crippen molar-refractivity contribution < 1.29 is 19.4 Å². The molecule has 0 aromatic rings. The van der Waals surface area contributed by atoms with Crippen molar-refractivity contribution in [1.82, 2.24) is 5.32 Å². The summed E-state index contributed by atoms with van der Waals surface area (Å²) in [6.45, 7) is 3.37. The first-order chi connectivity index (χ1) is 7.99. The maximum absolute atomic E-state index is 10.9. The normalized spacial score (nSPS) is 25.5. The molecule has 5 nitrogen and oxygen atoms in total. The van der Waals surface area contributed by atoms with Crippen molar-refractivity contribution in [2.75, 3.05) is 11.5 Å². The molecule has 2 N–H and O–H groups in total. The van der Waals surface area contributed by atoms with Crippen molar-refractivity contribution in [2.24, 2.45) is 0 Å². The molecule has 3 atom stereocenters. The van der Waals surface area contributed by atoms with Crippen molar-refractivity contribution in [3.8, 4) is 0 Å². The zero-order valence-electron chi connectivity index (χ0n) is 10.1. The third-order valence-corrected chi connectivity index (χ3v) is 3.76. The Morgan fingerprint density at radius 3 is 2.71 bits per heavy atom. The lowest BCUT2D eigenvalue weighted by Crippen LogP contribution is -2.41. The maximum Gasteiger partial charge on any atom is 0.327 e. The Hall–Kier alpha value is -0.750. The first-order valence-electron chi connectivity index (χ1n) is 5.72. The standard InChI is InChI=1S/C11H19NO4S/c1-7-3-4-9(16-7)5-17-6-10(11(14)15)12-8(2)13/h7,9-10H,3-6H2,1-2H3,(H,12,13)(H,14,15)/t7?,9?,10-/m0/s1. The predicted molar refractivity (Wildman–Crippen MR) is 66.1 cm³/mol. The van der Waals surface area contributed by atoms with Gasteiger partial charge in [-0.15, -0.1) is 0 Å². The molecule has 1 fully saturated rings. The van der Waals surface area contributed by atoms with E-state index in [9.17, 15) is 9.59 Å². The Balaban J connectivity index is 2.22. The van der Waals surface area contributed by atoms with E-state index in [-0.39, 0.29) is 12.0 Å². The van der Waals surface area contributed by atoms with Crippen LogP contribution in [0.25, 0.3) is 0 Å². The zero-order chi connectivity index (χ0) is 12.8. The molecule has 98 valence electrons. The van der Waals surface area contributed by atoms with Gasteiger partial charge < -0.3 is 15.2 Å². The fourth-order valence-electron chi connectivity index (χ4n) is 1.75. The van der Waals surface area contributed by atoms with Gasteiger partial charge in [-0.3, -0.25) is 4.79 Å². The number of rotatable bonds is 6. The van der Waals surface area contributed by atoms with Gasteiger partial charge in [-0.2, -0.15) is 11.8 Å². The van der Waals surface area contributed by atoms with Crippen LogP contribution in [0.3, 0.4) is 0 Å². The molecular formula is C11H19NO4S. The van der Waals surface area contributed by atoms with Gasteiger partial charge in [0.15, 0.2) is 0 Å². The second kappa shape index (κ2) is 6.86. The molecule has 1 aliphatic rings. The van der Waals surface area contributed by atoms with Gasteiger partial charge in [-0.25, -0.2) is 4.79 Å². The fourth-order valence-corrected chi connectivity index (χ4v) is 2.85. The highest BCUT2D eigenvalue weighted by atomic mass is 32.2. The summed E-state index contributed by atoms with van der Waals surface area (Å²) in [5, 5.41) is 11.3. The Morgan fingerprint density at radius 1 is 1.53 bits per heavy atom. The van der Waals surface area contributed by atoms with Crippen LogP contribution in [0.2, 0.25) is 0 Å². The quantitative estimate of drug-likeness (QED) is 0.742. The number of hydrogen-bond acceptors (Lipinski definition) is 4. The summed E-state index contributed by atoms with van der Waals surface area (Å²) < 4.78 is 5.63. The van der Waals surface area contributed by atoms with Gasteiger partial charge in [0.1, 0.15) is 6.04 Å². The number of nitrogens with one attached hydrogen (secondary N) is 1. The van der Waals surface area contributed by atoms with Crippen molar-refractivity contribution in [3.63, 3.8) is 0 Å². The molecule has 6 heteroatoms. The summed E-state index contributed by atoms with van der Waals surface area (Å²) in [7, 11) is 0. The SMILES string of the molecule is CC(=O)N[C@@H](CSCC1CCC(C)O1)C(=O)O. The third-order valence-electron chi connectivity index (χ3n) is 2.58. The molecular weight excluding hydrogens is 242 g/mol. The number of aliphatic carboxylic acids is 1. The van der Waals surface area contributed by atoms with Gasteiger partial charge in [0.05, 0.1) is 12.2 Å². The monoisotopic (exact) mass is 261 g/mol. The molecule has 1 heterocycles. The average Bonchev–Trinajstić information content (AvgIpc) is 2.62. The smallest absolute Gasteiger partial charge is 0.327 e. The first-order valence-corrected chi connectivity index (χ1v) is 6.87. The van der Waals surface area contributed by atoms with Crippen LogP contribution in [0.5, 0.6) is 0 Å². The second-order valence-electron chi connectivity index (χ2n) is 4.27. The summed E-state index contributed by atoms with van der Waals surface area (Å²) in [6.07, 6.45) is 2.64. The lowest BCUT2D eigenvalue weighted by molar-refractivity contribution is -0.140. The largest absolute Gasteiger partial charge is 0.480 e. The van der Waals surface area contributed by atoms with E-state index in [2.05, 4.69) is 5.32 Å². The van der Waals surface area contributed by atoms with Crippen molar-refractivity contribution in [3.05, 3.63) is 0 Å². The van der Waals surface area contributed by atoms with Gasteiger partial charge in [-0.05, 0) is 19.8 Å². The van der Waals surface area contributed by atoms with E-state index in [1.54, 1.807) is 0 Å². The van der Waals surface area contributed by atoms with Crippen molar-refractivity contribution in [1.29, 1.82) is 0 Å². The molecule has 0 aromatic carbocycles. The molecule has 0 aromatic heterocycles. The van der Waals surface area contributed by atoms with Crippen molar-refractivity contribution >= 4 is 23.6 Å². The minimum absolute atomic E-state index is 0.224. The highest BCUT2D eigenvalue weighted by Crippen LogP contribution is 2.22. The molecule has 0 saturated carbocycles. The molecule has 17 heavy (non-hydrogen) atoms. The number of thioether (sulfide) groups is 1. The van der Waals surface area contributed by atoms with Crippen LogP contribution in [0.1, 0.15) is 26.7 Å². The maximum atomic E-state index is 10.9. The third kappa shape index (κ3) is 5.41. The summed E-state index contributed by atoms with van der Waals surface area (Å²) in [6, 6.07) is -0.809. The molecule has 1 saturated heterocycles.